The summed E-state index contributed by atoms with van der Waals surface area (Å²) in [5.41, 5.74) is 2.69. The van der Waals surface area contributed by atoms with Crippen molar-refractivity contribution < 1.29 is 14.3 Å². The molecule has 2 heterocycles. The number of carbonyl (C=O) groups is 1. The van der Waals surface area contributed by atoms with Crippen LogP contribution in [0.25, 0.3) is 11.3 Å². The molecule has 0 aliphatic carbocycles. The van der Waals surface area contributed by atoms with E-state index in [2.05, 4.69) is 10.2 Å². The average Bonchev–Trinajstić information content (AvgIpc) is 2.89. The van der Waals surface area contributed by atoms with E-state index in [1.165, 1.54) is 13.0 Å². The van der Waals surface area contributed by atoms with Gasteiger partial charge in [0.25, 0.3) is 5.91 Å². The largest absolute Gasteiger partial charge is 0.384 e. The topological polar surface area (TPSA) is 69.2 Å². The third-order valence-electron chi connectivity index (χ3n) is 3.73. The first-order valence-electron chi connectivity index (χ1n) is 6.86. The molecule has 1 atom stereocenters. The van der Waals surface area contributed by atoms with Crippen molar-refractivity contribution in [1.29, 1.82) is 0 Å². The fourth-order valence-corrected chi connectivity index (χ4v) is 2.62. The number of H-pyrrole nitrogens is 1. The fourth-order valence-electron chi connectivity index (χ4n) is 2.62. The van der Waals surface area contributed by atoms with Gasteiger partial charge in [-0.05, 0) is 19.1 Å². The van der Waals surface area contributed by atoms with E-state index in [9.17, 15) is 14.3 Å². The van der Waals surface area contributed by atoms with Gasteiger partial charge < -0.3 is 10.0 Å². The van der Waals surface area contributed by atoms with E-state index in [1.54, 1.807) is 23.1 Å². The predicted octanol–water partition coefficient (Wildman–Crippen LogP) is 1.48. The highest BCUT2D eigenvalue weighted by molar-refractivity contribution is 5.81. The van der Waals surface area contributed by atoms with Crippen LogP contribution in [0.3, 0.4) is 0 Å². The van der Waals surface area contributed by atoms with Crippen LogP contribution in [-0.2, 0) is 17.8 Å². The molecular weight excluding hydrogens is 273 g/mol. The minimum absolute atomic E-state index is 0.318. The molecule has 1 aliphatic heterocycles. The molecule has 2 aromatic rings. The Morgan fingerprint density at radius 2 is 2.24 bits per heavy atom. The zero-order valence-corrected chi connectivity index (χ0v) is 11.6. The first-order valence-corrected chi connectivity index (χ1v) is 6.86. The van der Waals surface area contributed by atoms with E-state index >= 15 is 0 Å². The quantitative estimate of drug-likeness (QED) is 0.880. The Labute approximate surface area is 121 Å². The van der Waals surface area contributed by atoms with Crippen molar-refractivity contribution in [2.45, 2.75) is 26.0 Å². The second-order valence-corrected chi connectivity index (χ2v) is 5.19. The minimum atomic E-state index is -1.03. The number of nitrogens with one attached hydrogen (secondary N) is 1. The number of benzene rings is 1. The van der Waals surface area contributed by atoms with E-state index < -0.39 is 6.10 Å². The third kappa shape index (κ3) is 2.42. The number of aliphatic hydroxyl groups excluding tert-OH is 1. The van der Waals surface area contributed by atoms with Crippen LogP contribution in [0.5, 0.6) is 0 Å². The fraction of sp³-hybridized carbons (Fsp3) is 0.333. The smallest absolute Gasteiger partial charge is 0.251 e. The summed E-state index contributed by atoms with van der Waals surface area (Å²) in [6, 6.07) is 6.43. The number of rotatable bonds is 2. The van der Waals surface area contributed by atoms with E-state index in [-0.39, 0.29) is 11.7 Å². The number of hydrogen-bond donors (Lipinski definition) is 2. The zero-order chi connectivity index (χ0) is 15.0. The van der Waals surface area contributed by atoms with Gasteiger partial charge in [-0.1, -0.05) is 12.1 Å². The molecule has 0 fully saturated rings. The number of amides is 1. The maximum Gasteiger partial charge on any atom is 0.251 e. The normalized spacial score (nSPS) is 15.7. The number of aromatic amines is 1. The Morgan fingerprint density at radius 3 is 2.95 bits per heavy atom. The molecule has 3 rings (SSSR count). The van der Waals surface area contributed by atoms with Crippen molar-refractivity contribution in [1.82, 2.24) is 15.1 Å². The molecule has 2 N–H and O–H groups in total. The van der Waals surface area contributed by atoms with E-state index in [1.807, 2.05) is 0 Å². The number of fused-ring (bicyclic) bond motifs is 1. The molecule has 1 aromatic heterocycles. The standard InChI is InChI=1S/C15H16FN3O2/c1-9(20)15(21)19-7-6-13-11(8-19)14(18-17-13)10-4-2-3-5-12(10)16/h2-5,9,20H,6-8H2,1H3,(H,17,18)/t9-/m1/s1. The molecule has 21 heavy (non-hydrogen) atoms. The number of aliphatic hydroxyl groups is 1. The van der Waals surface area contributed by atoms with Gasteiger partial charge in [0.15, 0.2) is 0 Å². The Balaban J connectivity index is 1.97. The van der Waals surface area contributed by atoms with Crippen molar-refractivity contribution in [3.8, 4) is 11.3 Å². The van der Waals surface area contributed by atoms with Crippen molar-refractivity contribution in [2.24, 2.45) is 0 Å². The summed E-state index contributed by atoms with van der Waals surface area (Å²) in [6.07, 6.45) is -0.412. The van der Waals surface area contributed by atoms with Crippen molar-refractivity contribution in [2.75, 3.05) is 6.54 Å². The Kier molecular flexibility index (Phi) is 3.47. The van der Waals surface area contributed by atoms with Crippen LogP contribution in [0.4, 0.5) is 4.39 Å². The van der Waals surface area contributed by atoms with Crippen molar-refractivity contribution >= 4 is 5.91 Å². The first kappa shape index (κ1) is 13.8. The molecule has 0 saturated heterocycles. The van der Waals surface area contributed by atoms with Crippen LogP contribution in [-0.4, -0.2) is 38.8 Å². The molecular formula is C15H16FN3O2. The molecule has 0 radical (unpaired) electrons. The number of halogens is 1. The van der Waals surface area contributed by atoms with Gasteiger partial charge in [-0.3, -0.25) is 9.89 Å². The Hall–Kier alpha value is -2.21. The number of aromatic nitrogens is 2. The maximum absolute atomic E-state index is 13.9. The van der Waals surface area contributed by atoms with Crippen LogP contribution in [0, 0.1) is 5.82 Å². The third-order valence-corrected chi connectivity index (χ3v) is 3.73. The van der Waals surface area contributed by atoms with Gasteiger partial charge in [0.05, 0.1) is 0 Å². The lowest BCUT2D eigenvalue weighted by Gasteiger charge is -2.28. The van der Waals surface area contributed by atoms with Crippen LogP contribution >= 0.6 is 0 Å². The maximum atomic E-state index is 13.9. The summed E-state index contributed by atoms with van der Waals surface area (Å²) in [6.45, 7) is 2.31. The van der Waals surface area contributed by atoms with Crippen LogP contribution in [0.2, 0.25) is 0 Å². The zero-order valence-electron chi connectivity index (χ0n) is 11.6. The Bertz CT molecular complexity index is 681. The van der Waals surface area contributed by atoms with Crippen molar-refractivity contribution in [3.05, 3.63) is 41.3 Å². The summed E-state index contributed by atoms with van der Waals surface area (Å²) in [5, 5.41) is 16.6. The molecule has 6 heteroatoms. The SMILES string of the molecule is C[C@@H](O)C(=O)N1CCc2[nH]nc(-c3ccccc3F)c2C1. The van der Waals surface area contributed by atoms with Crippen molar-refractivity contribution in [3.63, 3.8) is 0 Å². The average molecular weight is 289 g/mol. The summed E-state index contributed by atoms with van der Waals surface area (Å²) in [4.78, 5) is 13.5. The van der Waals surface area contributed by atoms with Gasteiger partial charge in [0.1, 0.15) is 17.6 Å². The predicted molar refractivity (Wildman–Crippen MR) is 74.8 cm³/mol. The number of hydrogen-bond acceptors (Lipinski definition) is 3. The lowest BCUT2D eigenvalue weighted by Crippen LogP contribution is -2.41. The summed E-state index contributed by atoms with van der Waals surface area (Å²) in [7, 11) is 0. The summed E-state index contributed by atoms with van der Waals surface area (Å²) >= 11 is 0. The van der Waals surface area contributed by atoms with Gasteiger partial charge in [-0.2, -0.15) is 5.10 Å². The summed E-state index contributed by atoms with van der Waals surface area (Å²) < 4.78 is 13.9. The minimum Gasteiger partial charge on any atom is -0.384 e. The lowest BCUT2D eigenvalue weighted by molar-refractivity contribution is -0.140. The molecule has 1 amide bonds. The van der Waals surface area contributed by atoms with Gasteiger partial charge in [-0.25, -0.2) is 4.39 Å². The molecule has 5 nitrogen and oxygen atoms in total. The number of carbonyl (C=O) groups excluding carboxylic acids is 1. The van der Waals surface area contributed by atoms with Crippen LogP contribution in [0.1, 0.15) is 18.2 Å². The molecule has 0 bridgehead atoms. The first-order chi connectivity index (χ1) is 10.1. The van der Waals surface area contributed by atoms with Gasteiger partial charge in [0, 0.05) is 36.3 Å². The monoisotopic (exact) mass is 289 g/mol. The molecule has 1 aliphatic rings. The highest BCUT2D eigenvalue weighted by atomic mass is 19.1. The second-order valence-electron chi connectivity index (χ2n) is 5.19. The molecule has 110 valence electrons. The summed E-state index contributed by atoms with van der Waals surface area (Å²) in [5.74, 6) is -0.660. The van der Waals surface area contributed by atoms with E-state index in [4.69, 9.17) is 0 Å². The number of nitrogens with zero attached hydrogens (tertiary/aromatic N) is 2. The van der Waals surface area contributed by atoms with Crippen LogP contribution in [0.15, 0.2) is 24.3 Å². The molecule has 0 unspecified atom stereocenters. The molecule has 0 saturated carbocycles. The lowest BCUT2D eigenvalue weighted by atomic mass is 10.0. The second kappa shape index (κ2) is 5.29. The highest BCUT2D eigenvalue weighted by Gasteiger charge is 2.28. The Morgan fingerprint density at radius 1 is 1.48 bits per heavy atom. The highest BCUT2D eigenvalue weighted by Crippen LogP contribution is 2.30. The molecule has 1 aromatic carbocycles. The van der Waals surface area contributed by atoms with E-state index in [0.717, 1.165) is 11.3 Å². The van der Waals surface area contributed by atoms with Crippen LogP contribution < -0.4 is 0 Å². The van der Waals surface area contributed by atoms with Gasteiger partial charge >= 0.3 is 0 Å². The molecule has 0 spiro atoms. The van der Waals surface area contributed by atoms with Gasteiger partial charge in [-0.15, -0.1) is 0 Å². The van der Waals surface area contributed by atoms with E-state index in [0.29, 0.717) is 30.8 Å². The van der Waals surface area contributed by atoms with Gasteiger partial charge in [0.2, 0.25) is 0 Å².